The fourth-order valence-electron chi connectivity index (χ4n) is 3.25. The Morgan fingerprint density at radius 2 is 1.92 bits per heavy atom. The molecule has 0 radical (unpaired) electrons. The number of piperidine rings is 1. The number of anilines is 1. The van der Waals surface area contributed by atoms with Gasteiger partial charge in [-0.15, -0.1) is 0 Å². The van der Waals surface area contributed by atoms with Crippen molar-refractivity contribution in [2.45, 2.75) is 31.7 Å². The second-order valence-electron chi connectivity index (χ2n) is 6.48. The van der Waals surface area contributed by atoms with Gasteiger partial charge in [0.1, 0.15) is 0 Å². The quantitative estimate of drug-likeness (QED) is 0.863. The van der Waals surface area contributed by atoms with E-state index < -0.39 is 10.0 Å². The number of rotatable bonds is 4. The van der Waals surface area contributed by atoms with Crippen molar-refractivity contribution >= 4 is 21.6 Å². The van der Waals surface area contributed by atoms with Crippen molar-refractivity contribution < 1.29 is 17.9 Å². The molecule has 24 heavy (non-hydrogen) atoms. The number of aromatic nitrogens is 2. The third kappa shape index (κ3) is 4.14. The van der Waals surface area contributed by atoms with E-state index in [2.05, 4.69) is 10.4 Å². The zero-order valence-corrected chi connectivity index (χ0v) is 14.7. The van der Waals surface area contributed by atoms with Crippen LogP contribution in [0.25, 0.3) is 0 Å². The summed E-state index contributed by atoms with van der Waals surface area (Å²) in [6.07, 6.45) is 7.69. The molecule has 3 heterocycles. The van der Waals surface area contributed by atoms with E-state index in [1.165, 1.54) is 10.6 Å². The number of ether oxygens (including phenoxy) is 1. The smallest absolute Gasteiger partial charge is 0.227 e. The number of hydrogen-bond donors (Lipinski definition) is 1. The number of nitrogens with zero attached hydrogens (tertiary/aromatic N) is 3. The van der Waals surface area contributed by atoms with Crippen LogP contribution in [0.4, 0.5) is 5.69 Å². The van der Waals surface area contributed by atoms with Gasteiger partial charge in [0.15, 0.2) is 0 Å². The van der Waals surface area contributed by atoms with E-state index in [0.29, 0.717) is 37.7 Å². The van der Waals surface area contributed by atoms with Crippen LogP contribution in [-0.2, 0) is 19.6 Å². The summed E-state index contributed by atoms with van der Waals surface area (Å²) in [7, 11) is -3.16. The molecule has 2 aliphatic rings. The van der Waals surface area contributed by atoms with Crippen molar-refractivity contribution in [3.05, 3.63) is 12.4 Å². The molecule has 8 nitrogen and oxygen atoms in total. The molecule has 9 heteroatoms. The second-order valence-corrected chi connectivity index (χ2v) is 8.46. The van der Waals surface area contributed by atoms with E-state index in [1.807, 2.05) is 10.9 Å². The maximum atomic E-state index is 12.4. The van der Waals surface area contributed by atoms with Gasteiger partial charge in [0.25, 0.3) is 0 Å². The van der Waals surface area contributed by atoms with E-state index in [-0.39, 0.29) is 11.8 Å². The highest BCUT2D eigenvalue weighted by Gasteiger charge is 2.29. The van der Waals surface area contributed by atoms with Gasteiger partial charge in [-0.1, -0.05) is 0 Å². The van der Waals surface area contributed by atoms with Crippen LogP contribution in [0.15, 0.2) is 12.4 Å². The SMILES string of the molecule is CS(=O)(=O)N1CCC(C(=O)Nc2cnn(C3CCOCC3)c2)CC1. The van der Waals surface area contributed by atoms with Gasteiger partial charge in [-0.3, -0.25) is 9.48 Å². The normalized spacial score (nSPS) is 21.7. The van der Waals surface area contributed by atoms with Crippen molar-refractivity contribution in [2.75, 3.05) is 37.9 Å². The Morgan fingerprint density at radius 3 is 2.54 bits per heavy atom. The molecule has 0 saturated carbocycles. The summed E-state index contributed by atoms with van der Waals surface area (Å²) < 4.78 is 31.7. The van der Waals surface area contributed by atoms with Crippen molar-refractivity contribution in [1.29, 1.82) is 0 Å². The Balaban J connectivity index is 1.53. The fraction of sp³-hybridized carbons (Fsp3) is 0.733. The Hall–Kier alpha value is -1.45. The summed E-state index contributed by atoms with van der Waals surface area (Å²) >= 11 is 0. The van der Waals surface area contributed by atoms with Gasteiger partial charge in [0.2, 0.25) is 15.9 Å². The average Bonchev–Trinajstić information content (AvgIpc) is 3.03. The molecular formula is C15H24N4O4S. The van der Waals surface area contributed by atoms with Crippen molar-refractivity contribution in [3.8, 4) is 0 Å². The van der Waals surface area contributed by atoms with E-state index in [0.717, 1.165) is 26.1 Å². The molecule has 1 aromatic rings. The minimum atomic E-state index is -3.16. The first kappa shape index (κ1) is 17.4. The van der Waals surface area contributed by atoms with E-state index in [1.54, 1.807) is 6.20 Å². The van der Waals surface area contributed by atoms with Crippen LogP contribution < -0.4 is 5.32 Å². The predicted molar refractivity (Wildman–Crippen MR) is 89.1 cm³/mol. The standard InChI is InChI=1S/C15H24N4O4S/c1-24(21,22)18-6-2-12(3-7-18)15(20)17-13-10-16-19(11-13)14-4-8-23-9-5-14/h10-12,14H,2-9H2,1H3,(H,17,20). The molecule has 0 spiro atoms. The lowest BCUT2D eigenvalue weighted by molar-refractivity contribution is -0.120. The topological polar surface area (TPSA) is 93.5 Å². The summed E-state index contributed by atoms with van der Waals surface area (Å²) in [4.78, 5) is 12.4. The molecule has 1 amide bonds. The van der Waals surface area contributed by atoms with Crippen LogP contribution in [0.2, 0.25) is 0 Å². The molecule has 2 aliphatic heterocycles. The first-order valence-electron chi connectivity index (χ1n) is 8.31. The first-order chi connectivity index (χ1) is 11.4. The van der Waals surface area contributed by atoms with Crippen LogP contribution in [0.3, 0.4) is 0 Å². The molecule has 0 aliphatic carbocycles. The molecule has 3 rings (SSSR count). The molecule has 0 aromatic carbocycles. The van der Waals surface area contributed by atoms with Gasteiger partial charge in [-0.05, 0) is 25.7 Å². The van der Waals surface area contributed by atoms with Crippen molar-refractivity contribution in [3.63, 3.8) is 0 Å². The Kier molecular flexibility index (Phi) is 5.21. The van der Waals surface area contributed by atoms with Crippen LogP contribution in [0.1, 0.15) is 31.7 Å². The second kappa shape index (κ2) is 7.20. The van der Waals surface area contributed by atoms with Crippen LogP contribution in [-0.4, -0.2) is 61.0 Å². The van der Waals surface area contributed by atoms with E-state index in [9.17, 15) is 13.2 Å². The van der Waals surface area contributed by atoms with Gasteiger partial charge < -0.3 is 10.1 Å². The molecular weight excluding hydrogens is 332 g/mol. The molecule has 0 unspecified atom stereocenters. The maximum absolute atomic E-state index is 12.4. The molecule has 2 saturated heterocycles. The van der Waals surface area contributed by atoms with Gasteiger partial charge in [-0.25, -0.2) is 12.7 Å². The summed E-state index contributed by atoms with van der Waals surface area (Å²) in [6, 6.07) is 0.322. The number of hydrogen-bond acceptors (Lipinski definition) is 5. The summed E-state index contributed by atoms with van der Waals surface area (Å²) in [5.41, 5.74) is 0.692. The molecule has 2 fully saturated rings. The summed E-state index contributed by atoms with van der Waals surface area (Å²) in [5.74, 6) is -0.218. The lowest BCUT2D eigenvalue weighted by Gasteiger charge is -2.29. The predicted octanol–water partition coefficient (Wildman–Crippen LogP) is 0.845. The summed E-state index contributed by atoms with van der Waals surface area (Å²) in [6.45, 7) is 2.28. The fourth-order valence-corrected chi connectivity index (χ4v) is 4.12. The third-order valence-electron chi connectivity index (χ3n) is 4.73. The highest BCUT2D eigenvalue weighted by atomic mass is 32.2. The Morgan fingerprint density at radius 1 is 1.25 bits per heavy atom. The number of amides is 1. The van der Waals surface area contributed by atoms with Crippen LogP contribution in [0, 0.1) is 5.92 Å². The maximum Gasteiger partial charge on any atom is 0.227 e. The Labute approximate surface area is 142 Å². The highest BCUT2D eigenvalue weighted by Crippen LogP contribution is 2.23. The van der Waals surface area contributed by atoms with Gasteiger partial charge >= 0.3 is 0 Å². The molecule has 0 atom stereocenters. The molecule has 1 N–H and O–H groups in total. The number of nitrogens with one attached hydrogen (secondary N) is 1. The molecule has 0 bridgehead atoms. The molecule has 1 aromatic heterocycles. The van der Waals surface area contributed by atoms with Crippen LogP contribution in [0.5, 0.6) is 0 Å². The molecule has 134 valence electrons. The lowest BCUT2D eigenvalue weighted by atomic mass is 9.97. The van der Waals surface area contributed by atoms with E-state index >= 15 is 0 Å². The van der Waals surface area contributed by atoms with Gasteiger partial charge in [-0.2, -0.15) is 5.10 Å². The van der Waals surface area contributed by atoms with Gasteiger partial charge in [0.05, 0.1) is 24.2 Å². The van der Waals surface area contributed by atoms with E-state index in [4.69, 9.17) is 4.74 Å². The van der Waals surface area contributed by atoms with Gasteiger partial charge in [0, 0.05) is 38.4 Å². The number of carbonyl (C=O) groups excluding carboxylic acids is 1. The Bertz CT molecular complexity index is 673. The minimum Gasteiger partial charge on any atom is -0.381 e. The number of carbonyl (C=O) groups is 1. The average molecular weight is 356 g/mol. The number of sulfonamides is 1. The third-order valence-corrected chi connectivity index (χ3v) is 6.03. The van der Waals surface area contributed by atoms with Crippen LogP contribution >= 0.6 is 0 Å². The monoisotopic (exact) mass is 356 g/mol. The largest absolute Gasteiger partial charge is 0.381 e. The van der Waals surface area contributed by atoms with Crippen molar-refractivity contribution in [2.24, 2.45) is 5.92 Å². The first-order valence-corrected chi connectivity index (χ1v) is 10.2. The summed E-state index contributed by atoms with van der Waals surface area (Å²) in [5, 5.41) is 7.24. The minimum absolute atomic E-state index is 0.0605. The highest BCUT2D eigenvalue weighted by molar-refractivity contribution is 7.88. The lowest BCUT2D eigenvalue weighted by Crippen LogP contribution is -2.40. The zero-order valence-electron chi connectivity index (χ0n) is 13.8. The zero-order chi connectivity index (χ0) is 17.2. The van der Waals surface area contributed by atoms with Crippen molar-refractivity contribution in [1.82, 2.24) is 14.1 Å².